The zero-order chi connectivity index (χ0) is 18.5. The van der Waals surface area contributed by atoms with Crippen LogP contribution in [0, 0.1) is 20.9 Å². The Morgan fingerprint density at radius 2 is 2.07 bits per heavy atom. The maximum absolute atomic E-state index is 9.31. The molecule has 0 aromatic carbocycles. The van der Waals surface area contributed by atoms with Gasteiger partial charge in [0.25, 0.3) is 0 Å². The molecule has 0 amide bonds. The summed E-state index contributed by atoms with van der Waals surface area (Å²) in [6.07, 6.45) is 4.16. The molecule has 0 spiro atoms. The molecule has 3 aliphatic heterocycles. The third-order valence-electron chi connectivity index (χ3n) is 6.32. The second kappa shape index (κ2) is 6.78. The number of nitriles is 1. The van der Waals surface area contributed by atoms with Crippen LogP contribution in [0.1, 0.15) is 32.6 Å². The predicted molar refractivity (Wildman–Crippen MR) is 112 cm³/mol. The summed E-state index contributed by atoms with van der Waals surface area (Å²) in [6.45, 7) is 4.69. The van der Waals surface area contributed by atoms with Gasteiger partial charge in [-0.1, -0.05) is 0 Å². The summed E-state index contributed by atoms with van der Waals surface area (Å²) in [6, 6.07) is 5.87. The molecule has 8 heteroatoms. The number of ether oxygens (including phenoxy) is 1. The molecule has 3 unspecified atom stereocenters. The highest BCUT2D eigenvalue weighted by molar-refractivity contribution is 14.1. The largest absolute Gasteiger partial charge is 0.377 e. The molecule has 4 atom stereocenters. The minimum Gasteiger partial charge on any atom is -0.377 e. The van der Waals surface area contributed by atoms with Crippen LogP contribution in [0.5, 0.6) is 0 Å². The van der Waals surface area contributed by atoms with E-state index < -0.39 is 0 Å². The Hall–Kier alpha value is -1.60. The van der Waals surface area contributed by atoms with Crippen molar-refractivity contribution >= 4 is 45.1 Å². The maximum Gasteiger partial charge on any atom is 0.186 e. The molecule has 5 rings (SSSR count). The summed E-state index contributed by atoms with van der Waals surface area (Å²) in [5.41, 5.74) is 1.98. The van der Waals surface area contributed by atoms with Crippen LogP contribution in [-0.4, -0.2) is 53.1 Å². The third kappa shape index (κ3) is 2.86. The van der Waals surface area contributed by atoms with Gasteiger partial charge >= 0.3 is 0 Å². The molecule has 2 aromatic rings. The van der Waals surface area contributed by atoms with E-state index in [1.807, 2.05) is 0 Å². The maximum atomic E-state index is 9.31. The van der Waals surface area contributed by atoms with Crippen molar-refractivity contribution < 1.29 is 4.74 Å². The van der Waals surface area contributed by atoms with Crippen LogP contribution in [0.2, 0.25) is 0 Å². The Balaban J connectivity index is 1.59. The molecule has 3 saturated heterocycles. The van der Waals surface area contributed by atoms with Crippen LogP contribution >= 0.6 is 22.6 Å². The molecule has 0 saturated carbocycles. The van der Waals surface area contributed by atoms with Crippen LogP contribution < -0.4 is 9.80 Å². The van der Waals surface area contributed by atoms with Crippen molar-refractivity contribution in [2.24, 2.45) is 5.92 Å². The number of piperidine rings is 1. The first-order valence-electron chi connectivity index (χ1n) is 9.72. The topological polar surface area (TPSA) is 81.1 Å². The quantitative estimate of drug-likeness (QED) is 0.669. The van der Waals surface area contributed by atoms with Crippen molar-refractivity contribution in [3.8, 4) is 6.07 Å². The van der Waals surface area contributed by atoms with E-state index in [0.29, 0.717) is 18.1 Å². The lowest BCUT2D eigenvalue weighted by Gasteiger charge is -2.39. The lowest BCUT2D eigenvalue weighted by molar-refractivity contribution is 0.0902. The van der Waals surface area contributed by atoms with Crippen molar-refractivity contribution in [3.05, 3.63) is 9.77 Å². The number of aromatic amines is 1. The fraction of sp³-hybridized carbons (Fsp3) is 0.632. The van der Waals surface area contributed by atoms with Crippen molar-refractivity contribution in [3.63, 3.8) is 0 Å². The van der Waals surface area contributed by atoms with E-state index in [1.54, 1.807) is 0 Å². The van der Waals surface area contributed by atoms with Crippen molar-refractivity contribution in [2.45, 2.75) is 50.7 Å². The van der Waals surface area contributed by atoms with Gasteiger partial charge in [-0.15, -0.1) is 0 Å². The van der Waals surface area contributed by atoms with Crippen LogP contribution in [-0.2, 0) is 4.74 Å². The summed E-state index contributed by atoms with van der Waals surface area (Å²) < 4.78 is 6.78. The minimum absolute atomic E-state index is 0.159. The van der Waals surface area contributed by atoms with Gasteiger partial charge in [0.05, 0.1) is 42.4 Å². The number of halogens is 1. The summed E-state index contributed by atoms with van der Waals surface area (Å²) in [7, 11) is 0. The number of aromatic nitrogens is 3. The average Bonchev–Trinajstić information content (AvgIpc) is 3.17. The molecule has 2 aromatic heterocycles. The lowest BCUT2D eigenvalue weighted by atomic mass is 9.92. The number of H-pyrrole nitrogens is 1. The molecule has 2 bridgehead atoms. The summed E-state index contributed by atoms with van der Waals surface area (Å²) in [5.74, 6) is 1.18. The molecule has 3 fully saturated rings. The van der Waals surface area contributed by atoms with Gasteiger partial charge in [-0.2, -0.15) is 10.4 Å². The Bertz CT molecular complexity index is 891. The smallest absolute Gasteiger partial charge is 0.186 e. The van der Waals surface area contributed by atoms with E-state index in [4.69, 9.17) is 9.72 Å². The number of fused-ring (bicyclic) bond motifs is 3. The molecule has 142 valence electrons. The molecule has 0 aliphatic carbocycles. The minimum atomic E-state index is 0.159. The molecular weight excluding hydrogens is 455 g/mol. The zero-order valence-electron chi connectivity index (χ0n) is 15.4. The second-order valence-corrected chi connectivity index (χ2v) is 9.04. The highest BCUT2D eigenvalue weighted by Gasteiger charge is 2.39. The van der Waals surface area contributed by atoms with Crippen molar-refractivity contribution in [1.82, 2.24) is 15.2 Å². The van der Waals surface area contributed by atoms with E-state index >= 15 is 0 Å². The van der Waals surface area contributed by atoms with E-state index in [-0.39, 0.29) is 5.92 Å². The fourth-order valence-corrected chi connectivity index (χ4v) is 5.60. The van der Waals surface area contributed by atoms with Crippen LogP contribution in [0.25, 0.3) is 11.0 Å². The lowest BCUT2D eigenvalue weighted by Crippen LogP contribution is -2.46. The van der Waals surface area contributed by atoms with E-state index in [2.05, 4.69) is 61.6 Å². The number of nitrogens with zero attached hydrogens (tertiary/aromatic N) is 5. The van der Waals surface area contributed by atoms with E-state index in [0.717, 1.165) is 53.2 Å². The van der Waals surface area contributed by atoms with Crippen LogP contribution in [0.3, 0.4) is 0 Å². The summed E-state index contributed by atoms with van der Waals surface area (Å²) in [5, 5.41) is 18.0. The van der Waals surface area contributed by atoms with Gasteiger partial charge in [-0.25, -0.2) is 4.98 Å². The molecule has 1 N–H and O–H groups in total. The molecule has 3 aliphatic rings. The summed E-state index contributed by atoms with van der Waals surface area (Å²) in [4.78, 5) is 9.82. The van der Waals surface area contributed by atoms with Crippen molar-refractivity contribution in [2.75, 3.05) is 29.6 Å². The first-order chi connectivity index (χ1) is 13.2. The molecule has 5 heterocycles. The fourth-order valence-electron chi connectivity index (χ4n) is 4.96. The predicted octanol–water partition coefficient (Wildman–Crippen LogP) is 3.06. The summed E-state index contributed by atoms with van der Waals surface area (Å²) >= 11 is 2.31. The van der Waals surface area contributed by atoms with Gasteiger partial charge in [0.2, 0.25) is 0 Å². The molecule has 0 radical (unpaired) electrons. The standard InChI is InChI=1S/C19H23IN6O/c1-11-6-12(8-21)4-5-25(11)15-7-16(22-19-17(15)18(20)23-24-19)26-13-2-3-14(26)10-27-9-13/h7,11-14H,2-6,9-10H2,1H3,(H,22,23,24)/t11-,12?,13?,14?/m1/s1. The van der Waals surface area contributed by atoms with Gasteiger partial charge in [0.15, 0.2) is 5.65 Å². The zero-order valence-corrected chi connectivity index (χ0v) is 17.5. The van der Waals surface area contributed by atoms with E-state index in [9.17, 15) is 5.26 Å². The average molecular weight is 478 g/mol. The van der Waals surface area contributed by atoms with Crippen LogP contribution in [0.4, 0.5) is 11.5 Å². The normalized spacial score (nSPS) is 30.7. The number of anilines is 2. The number of hydrogen-bond donors (Lipinski definition) is 1. The Morgan fingerprint density at radius 3 is 2.78 bits per heavy atom. The molecule has 27 heavy (non-hydrogen) atoms. The number of pyridine rings is 1. The molecular formula is C19H23IN6O. The molecule has 7 nitrogen and oxygen atoms in total. The number of nitrogens with one attached hydrogen (secondary N) is 1. The Morgan fingerprint density at radius 1 is 1.30 bits per heavy atom. The first-order valence-corrected chi connectivity index (χ1v) is 10.8. The number of rotatable bonds is 2. The first kappa shape index (κ1) is 17.5. The van der Waals surface area contributed by atoms with Crippen LogP contribution in [0.15, 0.2) is 6.07 Å². The van der Waals surface area contributed by atoms with Gasteiger partial charge in [-0.3, -0.25) is 5.10 Å². The van der Waals surface area contributed by atoms with Gasteiger partial charge < -0.3 is 14.5 Å². The SMILES string of the molecule is C[C@@H]1CC(C#N)CCN1c1cc(N2C3CCC2COC3)nc2n[nH]c(I)c12. The Kier molecular flexibility index (Phi) is 4.39. The number of morpholine rings is 1. The third-order valence-corrected chi connectivity index (χ3v) is 7.10. The monoisotopic (exact) mass is 478 g/mol. The second-order valence-electron chi connectivity index (χ2n) is 7.96. The van der Waals surface area contributed by atoms with Gasteiger partial charge in [0, 0.05) is 24.6 Å². The Labute approximate surface area is 172 Å². The van der Waals surface area contributed by atoms with E-state index in [1.165, 1.54) is 18.5 Å². The van der Waals surface area contributed by atoms with Gasteiger partial charge in [-0.05, 0) is 55.2 Å². The highest BCUT2D eigenvalue weighted by Crippen LogP contribution is 2.40. The van der Waals surface area contributed by atoms with Gasteiger partial charge in [0.1, 0.15) is 9.52 Å². The van der Waals surface area contributed by atoms with Crippen molar-refractivity contribution in [1.29, 1.82) is 5.26 Å². The number of hydrogen-bond acceptors (Lipinski definition) is 6. The highest BCUT2D eigenvalue weighted by atomic mass is 127.